The van der Waals surface area contributed by atoms with Crippen molar-refractivity contribution in [3.05, 3.63) is 0 Å². The van der Waals surface area contributed by atoms with Crippen molar-refractivity contribution >= 4 is 5.97 Å². The summed E-state index contributed by atoms with van der Waals surface area (Å²) in [5, 5.41) is 8.04. The molecular formula is C5H12O3Ti. The average Bonchev–Trinajstić information content (AvgIpc) is 1.61. The molecular weight excluding hydrogens is 156 g/mol. The molecule has 0 aliphatic rings. The molecule has 0 rings (SSSR count). The zero-order valence-corrected chi connectivity index (χ0v) is 7.04. The second-order valence-electron chi connectivity index (χ2n) is 1.50. The molecule has 3 N–H and O–H groups in total. The maximum Gasteiger partial charge on any atom is 0.303 e. The van der Waals surface area contributed by atoms with E-state index in [9.17, 15) is 4.79 Å². The van der Waals surface area contributed by atoms with Crippen LogP contribution < -0.4 is 0 Å². The quantitative estimate of drug-likeness (QED) is 0.621. The predicted molar refractivity (Wildman–Crippen MR) is 30.8 cm³/mol. The van der Waals surface area contributed by atoms with Crippen molar-refractivity contribution in [2.45, 2.75) is 26.2 Å². The first-order valence-electron chi connectivity index (χ1n) is 2.49. The number of hydrogen-bond donors (Lipinski definition) is 1. The van der Waals surface area contributed by atoms with Crippen molar-refractivity contribution in [3.8, 4) is 0 Å². The van der Waals surface area contributed by atoms with Crippen LogP contribution in [0.1, 0.15) is 26.2 Å². The third kappa shape index (κ3) is 17.9. The number of unbranched alkanes of at least 4 members (excludes halogenated alkanes) is 1. The average molecular weight is 168 g/mol. The minimum atomic E-state index is -0.693. The summed E-state index contributed by atoms with van der Waals surface area (Å²) in [6.07, 6.45) is 2.08. The van der Waals surface area contributed by atoms with Gasteiger partial charge in [-0.15, -0.1) is 0 Å². The molecule has 0 aliphatic carbocycles. The summed E-state index contributed by atoms with van der Waals surface area (Å²) in [5.74, 6) is -0.693. The van der Waals surface area contributed by atoms with Gasteiger partial charge in [-0.2, -0.15) is 0 Å². The molecule has 0 amide bonds. The molecule has 0 aliphatic heterocycles. The zero-order chi connectivity index (χ0) is 5.70. The van der Waals surface area contributed by atoms with Crippen LogP contribution in [-0.2, 0) is 26.5 Å². The van der Waals surface area contributed by atoms with E-state index in [-0.39, 0.29) is 27.2 Å². The SMILES string of the molecule is CCCCC(=O)O.O.[Ti]. The van der Waals surface area contributed by atoms with E-state index >= 15 is 0 Å². The number of hydrogen-bond acceptors (Lipinski definition) is 1. The molecule has 0 saturated heterocycles. The third-order valence-corrected chi connectivity index (χ3v) is 0.744. The molecule has 0 fully saturated rings. The summed E-state index contributed by atoms with van der Waals surface area (Å²) >= 11 is 0. The molecule has 0 spiro atoms. The van der Waals surface area contributed by atoms with Crippen molar-refractivity contribution in [1.82, 2.24) is 0 Å². The summed E-state index contributed by atoms with van der Waals surface area (Å²) < 4.78 is 0. The molecule has 0 unspecified atom stereocenters. The van der Waals surface area contributed by atoms with Crippen LogP contribution in [0.2, 0.25) is 0 Å². The summed E-state index contributed by atoms with van der Waals surface area (Å²) in [4.78, 5) is 9.76. The Morgan fingerprint density at radius 3 is 2.11 bits per heavy atom. The molecule has 3 nitrogen and oxygen atoms in total. The van der Waals surface area contributed by atoms with Gasteiger partial charge in [0.25, 0.3) is 0 Å². The number of carboxylic acids is 1. The van der Waals surface area contributed by atoms with E-state index in [0.717, 1.165) is 12.8 Å². The summed E-state index contributed by atoms with van der Waals surface area (Å²) in [6.45, 7) is 1.98. The monoisotopic (exact) mass is 168 g/mol. The zero-order valence-electron chi connectivity index (χ0n) is 5.48. The van der Waals surface area contributed by atoms with Crippen molar-refractivity contribution in [2.24, 2.45) is 0 Å². The van der Waals surface area contributed by atoms with Crippen molar-refractivity contribution in [2.75, 3.05) is 0 Å². The predicted octanol–water partition coefficient (Wildman–Crippen LogP) is 0.434. The fourth-order valence-corrected chi connectivity index (χ4v) is 0.328. The third-order valence-electron chi connectivity index (χ3n) is 0.744. The van der Waals surface area contributed by atoms with Gasteiger partial charge in [-0.1, -0.05) is 13.3 Å². The molecule has 54 valence electrons. The molecule has 0 heterocycles. The van der Waals surface area contributed by atoms with Crippen LogP contribution in [0.25, 0.3) is 0 Å². The van der Waals surface area contributed by atoms with Crippen LogP contribution in [0.3, 0.4) is 0 Å². The van der Waals surface area contributed by atoms with Gasteiger partial charge in [-0.05, 0) is 6.42 Å². The molecule has 0 saturated carbocycles. The van der Waals surface area contributed by atoms with Gasteiger partial charge in [0.1, 0.15) is 0 Å². The van der Waals surface area contributed by atoms with Crippen LogP contribution in [0.5, 0.6) is 0 Å². The van der Waals surface area contributed by atoms with E-state index in [1.165, 1.54) is 0 Å². The topological polar surface area (TPSA) is 68.8 Å². The van der Waals surface area contributed by atoms with Gasteiger partial charge in [-0.25, -0.2) is 0 Å². The maximum absolute atomic E-state index is 9.76. The van der Waals surface area contributed by atoms with Gasteiger partial charge in [0.05, 0.1) is 0 Å². The van der Waals surface area contributed by atoms with Crippen molar-refractivity contribution in [1.29, 1.82) is 0 Å². The summed E-state index contributed by atoms with van der Waals surface area (Å²) in [6, 6.07) is 0. The van der Waals surface area contributed by atoms with Crippen LogP contribution in [0.4, 0.5) is 0 Å². The second kappa shape index (κ2) is 11.0. The first kappa shape index (κ1) is 16.1. The Morgan fingerprint density at radius 2 is 2.00 bits per heavy atom. The minimum absolute atomic E-state index is 0. The Hall–Kier alpha value is 0.144. The number of carboxylic acid groups (broad SMARTS) is 1. The van der Waals surface area contributed by atoms with Crippen LogP contribution >= 0.6 is 0 Å². The largest absolute Gasteiger partial charge is 0.481 e. The second-order valence-corrected chi connectivity index (χ2v) is 1.50. The normalized spacial score (nSPS) is 6.78. The Kier molecular flexibility index (Phi) is 19.7. The van der Waals surface area contributed by atoms with Crippen molar-refractivity contribution in [3.63, 3.8) is 0 Å². The summed E-state index contributed by atoms with van der Waals surface area (Å²) in [5.41, 5.74) is 0. The van der Waals surface area contributed by atoms with Crippen molar-refractivity contribution < 1.29 is 37.1 Å². The van der Waals surface area contributed by atoms with E-state index < -0.39 is 5.97 Å². The molecule has 4 heteroatoms. The Balaban J connectivity index is -0.000000180. The Morgan fingerprint density at radius 1 is 1.56 bits per heavy atom. The van der Waals surface area contributed by atoms with Crippen LogP contribution in [0.15, 0.2) is 0 Å². The molecule has 0 aromatic carbocycles. The minimum Gasteiger partial charge on any atom is -0.481 e. The first-order chi connectivity index (χ1) is 3.27. The Bertz CT molecular complexity index is 65.2. The van der Waals surface area contributed by atoms with E-state index in [2.05, 4.69) is 0 Å². The van der Waals surface area contributed by atoms with Gasteiger partial charge in [0.2, 0.25) is 0 Å². The van der Waals surface area contributed by atoms with E-state index in [4.69, 9.17) is 5.11 Å². The fourth-order valence-electron chi connectivity index (χ4n) is 0.328. The smallest absolute Gasteiger partial charge is 0.303 e. The van der Waals surface area contributed by atoms with Gasteiger partial charge >= 0.3 is 5.97 Å². The Labute approximate surface area is 69.6 Å². The summed E-state index contributed by atoms with van der Waals surface area (Å²) in [7, 11) is 0. The van der Waals surface area contributed by atoms with Gasteiger partial charge in [0, 0.05) is 28.1 Å². The maximum atomic E-state index is 9.76. The van der Waals surface area contributed by atoms with Gasteiger partial charge < -0.3 is 10.6 Å². The molecule has 0 bridgehead atoms. The molecule has 0 atom stereocenters. The fraction of sp³-hybridized carbons (Fsp3) is 0.800. The number of aliphatic carboxylic acids is 1. The van der Waals surface area contributed by atoms with E-state index in [1.807, 2.05) is 6.92 Å². The van der Waals surface area contributed by atoms with E-state index in [1.54, 1.807) is 0 Å². The number of carbonyl (C=O) groups is 1. The molecule has 9 heavy (non-hydrogen) atoms. The first-order valence-corrected chi connectivity index (χ1v) is 2.49. The number of rotatable bonds is 3. The molecule has 0 radical (unpaired) electrons. The van der Waals surface area contributed by atoms with Crippen LogP contribution in [0, 0.1) is 0 Å². The van der Waals surface area contributed by atoms with E-state index in [0.29, 0.717) is 6.42 Å². The molecule has 0 aromatic rings. The standard InChI is InChI=1S/C5H10O2.H2O.Ti/c1-2-3-4-5(6)7;;/h2-4H2,1H3,(H,6,7);1H2;. The van der Waals surface area contributed by atoms with Gasteiger partial charge in [-0.3, -0.25) is 4.79 Å². The van der Waals surface area contributed by atoms with Crippen LogP contribution in [-0.4, -0.2) is 16.6 Å². The molecule has 0 aromatic heterocycles. The van der Waals surface area contributed by atoms with Gasteiger partial charge in [0.15, 0.2) is 0 Å².